The molecule has 119 heavy (non-hydrogen) atoms. The second kappa shape index (κ2) is 49.3. The number of nitrogens with zero attached hydrogens (tertiary/aromatic N) is 4. The Labute approximate surface area is 765 Å². The van der Waals surface area contributed by atoms with Gasteiger partial charge in [-0.25, -0.2) is 9.59 Å². The van der Waals surface area contributed by atoms with Crippen LogP contribution in [0.15, 0.2) is 180 Å². The second-order valence-corrected chi connectivity index (χ2v) is 37.4. The summed E-state index contributed by atoms with van der Waals surface area (Å²) in [5.74, 6) is -0.854. The second-order valence-electron chi connectivity index (χ2n) is 30.3. The molecule has 2 N–H and O–H groups in total. The molecule has 0 amide bonds. The number of hydrogen-bond acceptors (Lipinski definition) is 14. The summed E-state index contributed by atoms with van der Waals surface area (Å²) >= 11 is 62.2. The summed E-state index contributed by atoms with van der Waals surface area (Å²) in [6.07, 6.45) is 4.71. The number of likely N-dealkylation sites (N-methyl/N-ethyl adjacent to an activating group) is 2. The molecule has 1 radical (unpaired) electrons. The number of halogens is 10. The maximum absolute atomic E-state index is 12.7. The molecule has 20 nitrogen and oxygen atoms in total. The Hall–Kier alpha value is -5.46. The van der Waals surface area contributed by atoms with Crippen LogP contribution in [0.4, 0.5) is 9.59 Å². The molecule has 0 saturated carbocycles. The van der Waals surface area contributed by atoms with Gasteiger partial charge in [0.25, 0.3) is 20.2 Å². The zero-order chi connectivity index (χ0) is 86.4. The molecule has 0 bridgehead atoms. The third-order valence-corrected chi connectivity index (χ3v) is 25.0. The van der Waals surface area contributed by atoms with Crippen molar-refractivity contribution >= 4 is 160 Å². The van der Waals surface area contributed by atoms with E-state index in [9.17, 15) is 36.0 Å². The van der Waals surface area contributed by atoms with E-state index in [0.29, 0.717) is 111 Å². The first-order chi connectivity index (χ1) is 55.7. The van der Waals surface area contributed by atoms with Crippen LogP contribution in [0.3, 0.4) is 0 Å². The first-order valence-electron chi connectivity index (χ1n) is 38.4. The molecule has 0 aromatic heterocycles. The molecule has 0 aliphatic carbocycles. The normalized spacial score (nSPS) is 15.1. The van der Waals surface area contributed by atoms with Crippen molar-refractivity contribution in [3.05, 3.63) is 265 Å². The average molecular weight is 1970 g/mol. The Kier molecular flexibility index (Phi) is 42.4. The molecular weight excluding hydrogens is 1870 g/mol. The summed E-state index contributed by atoms with van der Waals surface area (Å²) in [6, 6.07) is 49.6. The average Bonchev–Trinajstić information content (AvgIpc) is 0.845. The number of ether oxygens (including phenoxy) is 6. The zero-order valence-electron chi connectivity index (χ0n) is 67.0. The van der Waals surface area contributed by atoms with E-state index in [0.717, 1.165) is 132 Å². The molecule has 33 heteroatoms. The minimum absolute atomic E-state index is 0. The van der Waals surface area contributed by atoms with Crippen molar-refractivity contribution in [3.63, 3.8) is 0 Å². The van der Waals surface area contributed by atoms with Gasteiger partial charge in [0.1, 0.15) is 65.6 Å². The topological polar surface area (TPSA) is 232 Å². The molecule has 4 unspecified atom stereocenters. The Morgan fingerprint density at radius 1 is 0.395 bits per heavy atom. The zero-order valence-corrected chi connectivity index (χ0v) is 77.7. The van der Waals surface area contributed by atoms with E-state index in [1.165, 1.54) is 51.0 Å². The van der Waals surface area contributed by atoms with Crippen molar-refractivity contribution in [3.8, 4) is 0 Å². The van der Waals surface area contributed by atoms with Gasteiger partial charge in [-0.3, -0.25) is 18.7 Å². The molecule has 4 atom stereocenters. The SMILES string of the molecule is CC(OC(=O)CCC[N+]1(Cc2ccc(Cl)cc2Cl)CCCCC1)OC(=O)OCC[N+](C)(Cc1ccc(Cl)cc1)Cc1ccc(Cl)c(Cl)c1.CC(OC(=O)CCC[N+]1(Cc2ccc(Cl)cc2Cl)CCCCC1)OC(=O)OCC[N+](C)(Cc1ccc(Cl)cc1)Cc1ccc(Cl)c(Cl)c1.Cc1ccc(S(=O)(=O)O)cc1.Cc1ccc(S(=O)(=O)O)cc1.[Ag]. The molecule has 2 aliphatic rings. The van der Waals surface area contributed by atoms with E-state index in [-0.39, 0.29) is 58.2 Å². The van der Waals surface area contributed by atoms with E-state index >= 15 is 0 Å². The number of rotatable bonds is 32. The minimum atomic E-state index is -4.02. The Morgan fingerprint density at radius 3 is 1.02 bits per heavy atom. The van der Waals surface area contributed by atoms with Crippen LogP contribution < -0.4 is 0 Å². The maximum atomic E-state index is 12.7. The predicted octanol–water partition coefficient (Wildman–Crippen LogP) is 22.7. The van der Waals surface area contributed by atoms with Gasteiger partial charge < -0.3 is 46.4 Å². The molecule has 8 aromatic carbocycles. The van der Waals surface area contributed by atoms with Crippen LogP contribution in [0.1, 0.15) is 123 Å². The number of hydrogen-bond donors (Lipinski definition) is 2. The van der Waals surface area contributed by atoms with Crippen LogP contribution in [0.25, 0.3) is 0 Å². The Balaban J connectivity index is 0.000000291. The summed E-state index contributed by atoms with van der Waals surface area (Å²) in [7, 11) is -3.91. The molecule has 2 aliphatic heterocycles. The molecule has 651 valence electrons. The van der Waals surface area contributed by atoms with Crippen molar-refractivity contribution in [2.24, 2.45) is 0 Å². The van der Waals surface area contributed by atoms with Crippen LogP contribution >= 0.6 is 116 Å². The van der Waals surface area contributed by atoms with E-state index < -0.39 is 57.1 Å². The maximum Gasteiger partial charge on any atom is 0.511 e. The van der Waals surface area contributed by atoms with Crippen LogP contribution in [0, 0.1) is 13.8 Å². The molecular formula is C86H102AgCl10N4O16S2+4. The monoisotopic (exact) mass is 1970 g/mol. The van der Waals surface area contributed by atoms with Crippen LogP contribution in [0.5, 0.6) is 0 Å². The first-order valence-corrected chi connectivity index (χ1v) is 45.1. The number of benzene rings is 8. The van der Waals surface area contributed by atoms with Crippen LogP contribution in [-0.2, 0) is 120 Å². The summed E-state index contributed by atoms with van der Waals surface area (Å²) in [5.41, 5.74) is 8.17. The molecule has 2 saturated heterocycles. The molecule has 10 rings (SSSR count). The van der Waals surface area contributed by atoms with Crippen molar-refractivity contribution in [2.75, 3.05) is 79.7 Å². The smallest absolute Gasteiger partial charge is 0.428 e. The third-order valence-electron chi connectivity index (χ3n) is 20.1. The molecule has 0 spiro atoms. The fourth-order valence-electron chi connectivity index (χ4n) is 14.1. The molecule has 8 aromatic rings. The van der Waals surface area contributed by atoms with Crippen molar-refractivity contribution in [2.45, 2.75) is 154 Å². The van der Waals surface area contributed by atoms with Crippen LogP contribution in [-0.4, -0.2) is 160 Å². The van der Waals surface area contributed by atoms with Crippen LogP contribution in [0.2, 0.25) is 50.2 Å². The summed E-state index contributed by atoms with van der Waals surface area (Å²) in [5, 5.41) is 5.80. The van der Waals surface area contributed by atoms with Gasteiger partial charge in [0.15, 0.2) is 0 Å². The predicted molar refractivity (Wildman–Crippen MR) is 467 cm³/mol. The van der Waals surface area contributed by atoms with E-state index in [2.05, 4.69) is 14.1 Å². The number of aryl methyl sites for hydroxylation is 2. The minimum Gasteiger partial charge on any atom is -0.428 e. The number of quaternary nitrogens is 4. The molecule has 2 fully saturated rings. The molecule has 2 heterocycles. The fraction of sp³-hybridized carbons (Fsp3) is 0.395. The Bertz CT molecular complexity index is 4550. The number of carbonyl (C=O) groups is 4. The quantitative estimate of drug-likeness (QED) is 0.00996. The van der Waals surface area contributed by atoms with Gasteiger partial charge in [-0.05, 0) is 149 Å². The fourth-order valence-corrected chi connectivity index (χ4v) is 16.9. The van der Waals surface area contributed by atoms with Crippen molar-refractivity contribution in [1.82, 2.24) is 0 Å². The van der Waals surface area contributed by atoms with Gasteiger partial charge in [-0.15, -0.1) is 0 Å². The third kappa shape index (κ3) is 37.1. The van der Waals surface area contributed by atoms with Gasteiger partial charge in [-0.1, -0.05) is 200 Å². The summed E-state index contributed by atoms with van der Waals surface area (Å²) in [4.78, 5) is 50.3. The van der Waals surface area contributed by atoms with E-state index in [1.807, 2.05) is 111 Å². The summed E-state index contributed by atoms with van der Waals surface area (Å²) < 4.78 is 93.9. The summed E-state index contributed by atoms with van der Waals surface area (Å²) in [6.45, 7) is 17.7. The number of likely N-dealkylation sites (tertiary alicyclic amines) is 2. The number of carbonyl (C=O) groups excluding carboxylic acids is 4. The van der Waals surface area contributed by atoms with Gasteiger partial charge in [0.05, 0.1) is 106 Å². The van der Waals surface area contributed by atoms with Gasteiger partial charge in [0.2, 0.25) is 12.6 Å². The first kappa shape index (κ1) is 102. The standard InChI is InChI=1S/2C36H43Cl5N2O5.2C7H8O3S.Ag/c2*1-26(47-35(44)7-6-18-43(16-4-3-5-17-43)25-29-11-14-31(38)22-33(29)40)48-36(45)46-20-19-42(2,23-27-8-12-30(37)13-9-27)24-28-10-15-32(39)34(41)21-28;2*1-6-2-4-7(5-3-6)11(8,9)10;/h2*8-15,21-22,26H,3-7,16-20,23-25H2,1-2H3;2*2-5H,1H3,(H,8,9,10);/q2*+2;;;. The largest absolute Gasteiger partial charge is 0.511 e. The van der Waals surface area contributed by atoms with E-state index in [4.69, 9.17) is 154 Å². The van der Waals surface area contributed by atoms with Gasteiger partial charge in [-0.2, -0.15) is 16.8 Å². The Morgan fingerprint density at radius 2 is 0.706 bits per heavy atom. The van der Waals surface area contributed by atoms with E-state index in [1.54, 1.807) is 48.5 Å². The number of piperidine rings is 2. The number of esters is 2. The van der Waals surface area contributed by atoms with Gasteiger partial charge >= 0.3 is 24.2 Å². The van der Waals surface area contributed by atoms with Crippen molar-refractivity contribution in [1.29, 1.82) is 0 Å². The van der Waals surface area contributed by atoms with Crippen molar-refractivity contribution < 1.29 is 114 Å². The van der Waals surface area contributed by atoms with Gasteiger partial charge in [0, 0.05) is 103 Å².